The van der Waals surface area contributed by atoms with Gasteiger partial charge in [-0.2, -0.15) is 0 Å². The van der Waals surface area contributed by atoms with Gasteiger partial charge >= 0.3 is 0 Å². The number of hydrogen-bond acceptors (Lipinski definition) is 0. The van der Waals surface area contributed by atoms with Gasteiger partial charge in [0, 0.05) is 0 Å². The van der Waals surface area contributed by atoms with Crippen molar-refractivity contribution in [2.45, 2.75) is 59.3 Å². The first-order chi connectivity index (χ1) is 6.61. The molecule has 1 aliphatic carbocycles. The summed E-state index contributed by atoms with van der Waals surface area (Å²) in [5.41, 5.74) is 1.36. The van der Waals surface area contributed by atoms with E-state index in [0.29, 0.717) is 0 Å². The topological polar surface area (TPSA) is 0 Å². The van der Waals surface area contributed by atoms with Crippen LogP contribution in [0.4, 0.5) is 0 Å². The van der Waals surface area contributed by atoms with E-state index >= 15 is 0 Å². The Labute approximate surface area is 89.8 Å². The fraction of sp³-hybridized carbons (Fsp3) is 0.857. The highest BCUT2D eigenvalue weighted by Crippen LogP contribution is 2.34. The molecule has 0 radical (unpaired) electrons. The lowest BCUT2D eigenvalue weighted by Gasteiger charge is -2.29. The Balaban J connectivity index is 2.25. The van der Waals surface area contributed by atoms with Crippen molar-refractivity contribution in [3.8, 4) is 0 Å². The maximum atomic E-state index is 4.04. The van der Waals surface area contributed by atoms with Gasteiger partial charge in [0.2, 0.25) is 0 Å². The van der Waals surface area contributed by atoms with Gasteiger partial charge < -0.3 is 0 Å². The van der Waals surface area contributed by atoms with Crippen molar-refractivity contribution in [2.24, 2.45) is 17.8 Å². The van der Waals surface area contributed by atoms with E-state index in [2.05, 4.69) is 27.4 Å². The van der Waals surface area contributed by atoms with Crippen molar-refractivity contribution in [1.82, 2.24) is 0 Å². The smallest absolute Gasteiger partial charge is 0.0237 e. The molecule has 0 aromatic rings. The maximum absolute atomic E-state index is 4.04. The fourth-order valence-electron chi connectivity index (χ4n) is 2.53. The summed E-state index contributed by atoms with van der Waals surface area (Å²) in [5, 5.41) is 0. The van der Waals surface area contributed by atoms with E-state index in [0.717, 1.165) is 17.8 Å². The molecule has 1 aliphatic rings. The molecule has 0 nitrogen and oxygen atoms in total. The Morgan fingerprint density at radius 3 is 2.57 bits per heavy atom. The third kappa shape index (κ3) is 3.48. The van der Waals surface area contributed by atoms with E-state index in [9.17, 15) is 0 Å². The first-order valence-corrected chi connectivity index (χ1v) is 6.26. The Hall–Kier alpha value is -0.260. The van der Waals surface area contributed by atoms with Crippen LogP contribution >= 0.6 is 0 Å². The second kappa shape index (κ2) is 5.58. The molecule has 0 saturated heterocycles. The number of hydrogen-bond donors (Lipinski definition) is 0. The van der Waals surface area contributed by atoms with Gasteiger partial charge in [0.05, 0.1) is 0 Å². The van der Waals surface area contributed by atoms with Crippen molar-refractivity contribution < 1.29 is 0 Å². The quantitative estimate of drug-likeness (QED) is 0.564. The highest BCUT2D eigenvalue weighted by molar-refractivity contribution is 4.93. The molecule has 3 atom stereocenters. The molecule has 0 aromatic carbocycles. The van der Waals surface area contributed by atoms with Gasteiger partial charge in [-0.05, 0) is 37.5 Å². The Morgan fingerprint density at radius 1 is 1.36 bits per heavy atom. The van der Waals surface area contributed by atoms with Crippen molar-refractivity contribution in [1.29, 1.82) is 0 Å². The van der Waals surface area contributed by atoms with Crippen LogP contribution in [0.15, 0.2) is 12.2 Å². The molecule has 0 aromatic heterocycles. The monoisotopic (exact) mass is 194 g/mol. The summed E-state index contributed by atoms with van der Waals surface area (Å²) in [6.45, 7) is 11.0. The fourth-order valence-corrected chi connectivity index (χ4v) is 2.53. The summed E-state index contributed by atoms with van der Waals surface area (Å²) in [6.07, 6.45) is 8.65. The summed E-state index contributed by atoms with van der Waals surface area (Å²) >= 11 is 0. The van der Waals surface area contributed by atoms with Crippen LogP contribution in [-0.2, 0) is 0 Å². The van der Waals surface area contributed by atoms with Gasteiger partial charge in [0.1, 0.15) is 0 Å². The second-order valence-corrected chi connectivity index (χ2v) is 5.35. The molecule has 1 rings (SSSR count). The van der Waals surface area contributed by atoms with Crippen LogP contribution in [-0.4, -0.2) is 0 Å². The van der Waals surface area contributed by atoms with Gasteiger partial charge in [0.15, 0.2) is 0 Å². The highest BCUT2D eigenvalue weighted by atomic mass is 14.3. The van der Waals surface area contributed by atoms with Crippen LogP contribution in [0.25, 0.3) is 0 Å². The predicted molar refractivity (Wildman–Crippen MR) is 64.3 cm³/mol. The zero-order chi connectivity index (χ0) is 10.6. The highest BCUT2D eigenvalue weighted by Gasteiger charge is 2.21. The van der Waals surface area contributed by atoms with Crippen LogP contribution < -0.4 is 0 Å². The molecule has 0 heteroatoms. The van der Waals surface area contributed by atoms with E-state index in [-0.39, 0.29) is 0 Å². The van der Waals surface area contributed by atoms with E-state index in [1.165, 1.54) is 44.1 Å². The van der Waals surface area contributed by atoms with Gasteiger partial charge in [0.25, 0.3) is 0 Å². The minimum absolute atomic E-state index is 0.726. The van der Waals surface area contributed by atoms with Gasteiger partial charge in [-0.3, -0.25) is 0 Å². The van der Waals surface area contributed by atoms with Crippen LogP contribution in [0, 0.1) is 17.8 Å². The molecule has 0 amide bonds. The molecule has 1 saturated carbocycles. The number of allylic oxidation sites excluding steroid dienone is 1. The van der Waals surface area contributed by atoms with E-state index in [4.69, 9.17) is 0 Å². The Kier molecular flexibility index (Phi) is 4.71. The summed E-state index contributed by atoms with van der Waals surface area (Å²) in [6, 6.07) is 0. The molecule has 3 unspecified atom stereocenters. The van der Waals surface area contributed by atoms with Crippen LogP contribution in [0.5, 0.6) is 0 Å². The lowest BCUT2D eigenvalue weighted by atomic mass is 9.77. The molecule has 0 aliphatic heterocycles. The van der Waals surface area contributed by atoms with Crippen LogP contribution in [0.1, 0.15) is 59.3 Å². The Bertz CT molecular complexity index is 180. The Morgan fingerprint density at radius 2 is 2.00 bits per heavy atom. The predicted octanol–water partition coefficient (Wildman–Crippen LogP) is 4.81. The van der Waals surface area contributed by atoms with Crippen LogP contribution in [0.3, 0.4) is 0 Å². The molecular weight excluding hydrogens is 168 g/mol. The zero-order valence-corrected chi connectivity index (χ0v) is 10.2. The second-order valence-electron chi connectivity index (χ2n) is 5.35. The third-order valence-corrected chi connectivity index (χ3v) is 4.10. The van der Waals surface area contributed by atoms with Crippen molar-refractivity contribution in [2.75, 3.05) is 0 Å². The normalized spacial score (nSPS) is 29.9. The summed E-state index contributed by atoms with van der Waals surface area (Å²) < 4.78 is 0. The SMILES string of the molecule is C=C(C)C(C)CCC1CCCCC1C. The van der Waals surface area contributed by atoms with Crippen molar-refractivity contribution >= 4 is 0 Å². The number of rotatable bonds is 4. The summed E-state index contributed by atoms with van der Waals surface area (Å²) in [7, 11) is 0. The van der Waals surface area contributed by atoms with Crippen molar-refractivity contribution in [3.63, 3.8) is 0 Å². The third-order valence-electron chi connectivity index (χ3n) is 4.10. The van der Waals surface area contributed by atoms with E-state index < -0.39 is 0 Å². The van der Waals surface area contributed by atoms with Gasteiger partial charge in [-0.25, -0.2) is 0 Å². The first kappa shape index (κ1) is 11.8. The molecular formula is C14H26. The molecule has 0 N–H and O–H groups in total. The summed E-state index contributed by atoms with van der Waals surface area (Å²) in [5.74, 6) is 2.70. The van der Waals surface area contributed by atoms with Gasteiger partial charge in [-0.15, -0.1) is 0 Å². The molecule has 14 heavy (non-hydrogen) atoms. The average Bonchev–Trinajstić information content (AvgIpc) is 2.16. The van der Waals surface area contributed by atoms with Crippen molar-refractivity contribution in [3.05, 3.63) is 12.2 Å². The maximum Gasteiger partial charge on any atom is -0.0237 e. The summed E-state index contributed by atoms with van der Waals surface area (Å²) in [4.78, 5) is 0. The molecule has 0 spiro atoms. The van der Waals surface area contributed by atoms with E-state index in [1.54, 1.807) is 0 Å². The van der Waals surface area contributed by atoms with Crippen LogP contribution in [0.2, 0.25) is 0 Å². The van der Waals surface area contributed by atoms with E-state index in [1.807, 2.05) is 0 Å². The minimum atomic E-state index is 0.726. The molecule has 82 valence electrons. The lowest BCUT2D eigenvalue weighted by molar-refractivity contribution is 0.231. The molecule has 1 fully saturated rings. The largest absolute Gasteiger partial charge is 0.0999 e. The first-order valence-electron chi connectivity index (χ1n) is 6.26. The zero-order valence-electron chi connectivity index (χ0n) is 10.2. The average molecular weight is 194 g/mol. The minimum Gasteiger partial charge on any atom is -0.0999 e. The molecule has 0 bridgehead atoms. The lowest BCUT2D eigenvalue weighted by Crippen LogP contribution is -2.17. The standard InChI is InChI=1S/C14H26/c1-11(2)12(3)9-10-14-8-6-5-7-13(14)4/h12-14H,1,5-10H2,2-4H3. The van der Waals surface area contributed by atoms with Gasteiger partial charge in [-0.1, -0.05) is 51.7 Å². The molecule has 0 heterocycles.